The molecule has 8 heteroatoms. The number of carbonyl (C=O) groups excluding carboxylic acids is 1. The Balaban J connectivity index is 1.50. The number of carbonyl (C=O) groups is 1. The molecular weight excluding hydrogens is 337 g/mol. The fourth-order valence-electron chi connectivity index (χ4n) is 3.22. The van der Waals surface area contributed by atoms with Crippen molar-refractivity contribution < 1.29 is 13.7 Å². The van der Waals surface area contributed by atoms with Gasteiger partial charge in [0.15, 0.2) is 0 Å². The molecule has 1 aliphatic rings. The molecule has 4 heterocycles. The van der Waals surface area contributed by atoms with Crippen LogP contribution in [0.25, 0.3) is 11.5 Å². The molecule has 7 nitrogen and oxygen atoms in total. The molecule has 1 saturated heterocycles. The van der Waals surface area contributed by atoms with Gasteiger partial charge in [0.2, 0.25) is 17.7 Å². The van der Waals surface area contributed by atoms with E-state index < -0.39 is 5.95 Å². The first-order valence-electron chi connectivity index (χ1n) is 8.50. The molecule has 1 N–H and O–H groups in total. The highest BCUT2D eigenvalue weighted by atomic mass is 19.1. The van der Waals surface area contributed by atoms with Gasteiger partial charge in [-0.05, 0) is 37.5 Å². The lowest BCUT2D eigenvalue weighted by Gasteiger charge is -2.31. The monoisotopic (exact) mass is 355 g/mol. The fraction of sp³-hybridized carbons (Fsp3) is 0.333. The Kier molecular flexibility index (Phi) is 4.24. The number of halogens is 1. The first kappa shape index (κ1) is 16.4. The van der Waals surface area contributed by atoms with Gasteiger partial charge in [-0.25, -0.2) is 4.98 Å². The number of piperidine rings is 1. The minimum Gasteiger partial charge on any atom is -0.358 e. The number of aromatic amines is 1. The number of likely N-dealkylation sites (tertiary alicyclic amines) is 1. The molecular formula is C18H18FN5O2. The second-order valence-corrected chi connectivity index (χ2v) is 6.50. The number of H-pyrrole nitrogens is 1. The average Bonchev–Trinajstić information content (AvgIpc) is 3.30. The summed E-state index contributed by atoms with van der Waals surface area (Å²) < 4.78 is 18.7. The SMILES string of the molecule is Cc1c[nH]c(-c2noc(C3CCCN(C(=O)c4ccnc(F)c4)C3)n2)c1. The molecule has 0 saturated carbocycles. The number of nitrogens with one attached hydrogen (secondary N) is 1. The Morgan fingerprint density at radius 1 is 1.42 bits per heavy atom. The molecule has 0 bridgehead atoms. The number of aryl methyl sites for hydroxylation is 1. The van der Waals surface area contributed by atoms with Gasteiger partial charge in [0.05, 0.1) is 11.6 Å². The van der Waals surface area contributed by atoms with Crippen molar-refractivity contribution >= 4 is 5.91 Å². The maximum absolute atomic E-state index is 13.3. The molecule has 1 amide bonds. The number of hydrogen-bond donors (Lipinski definition) is 1. The number of pyridine rings is 1. The number of hydrogen-bond acceptors (Lipinski definition) is 5. The third-order valence-electron chi connectivity index (χ3n) is 4.54. The van der Waals surface area contributed by atoms with Gasteiger partial charge in [-0.1, -0.05) is 5.16 Å². The summed E-state index contributed by atoms with van der Waals surface area (Å²) >= 11 is 0. The maximum atomic E-state index is 13.3. The number of amides is 1. The van der Waals surface area contributed by atoms with Crippen molar-refractivity contribution in [1.82, 2.24) is 25.0 Å². The van der Waals surface area contributed by atoms with E-state index in [9.17, 15) is 9.18 Å². The summed E-state index contributed by atoms with van der Waals surface area (Å²) in [5.74, 6) is 0.123. The van der Waals surface area contributed by atoms with Crippen molar-refractivity contribution in [3.05, 3.63) is 53.6 Å². The molecule has 1 aliphatic heterocycles. The zero-order valence-electron chi connectivity index (χ0n) is 14.3. The molecule has 0 aromatic carbocycles. The van der Waals surface area contributed by atoms with Crippen molar-refractivity contribution in [3.8, 4) is 11.5 Å². The fourth-order valence-corrected chi connectivity index (χ4v) is 3.22. The van der Waals surface area contributed by atoms with Gasteiger partial charge in [0, 0.05) is 37.1 Å². The normalized spacial score (nSPS) is 17.5. The van der Waals surface area contributed by atoms with Gasteiger partial charge < -0.3 is 14.4 Å². The predicted molar refractivity (Wildman–Crippen MR) is 90.9 cm³/mol. The van der Waals surface area contributed by atoms with Crippen molar-refractivity contribution in [2.45, 2.75) is 25.7 Å². The third kappa shape index (κ3) is 3.22. The van der Waals surface area contributed by atoms with Crippen molar-refractivity contribution in [1.29, 1.82) is 0 Å². The van der Waals surface area contributed by atoms with Crippen molar-refractivity contribution in [2.75, 3.05) is 13.1 Å². The minimum atomic E-state index is -0.660. The van der Waals surface area contributed by atoms with Crippen LogP contribution >= 0.6 is 0 Å². The Hall–Kier alpha value is -3.03. The molecule has 1 atom stereocenters. The van der Waals surface area contributed by atoms with E-state index in [1.807, 2.05) is 19.2 Å². The summed E-state index contributed by atoms with van der Waals surface area (Å²) in [5, 5.41) is 4.04. The van der Waals surface area contributed by atoms with Crippen LogP contribution in [0.15, 0.2) is 35.1 Å². The Morgan fingerprint density at radius 2 is 2.31 bits per heavy atom. The standard InChI is InChI=1S/C18H18FN5O2/c1-11-7-14(21-9-11)16-22-17(26-23-16)13-3-2-6-24(10-13)18(25)12-4-5-20-15(19)8-12/h4-5,7-9,13,21H,2-3,6,10H2,1H3. The van der Waals surface area contributed by atoms with Crippen molar-refractivity contribution in [3.63, 3.8) is 0 Å². The van der Waals surface area contributed by atoms with Crippen molar-refractivity contribution in [2.24, 2.45) is 0 Å². The topological polar surface area (TPSA) is 87.9 Å². The maximum Gasteiger partial charge on any atom is 0.254 e. The highest BCUT2D eigenvalue weighted by Crippen LogP contribution is 2.28. The molecule has 3 aromatic heterocycles. The molecule has 3 aromatic rings. The molecule has 26 heavy (non-hydrogen) atoms. The van der Waals surface area contributed by atoms with E-state index in [-0.39, 0.29) is 11.8 Å². The second-order valence-electron chi connectivity index (χ2n) is 6.50. The molecule has 1 unspecified atom stereocenters. The Bertz CT molecular complexity index is 935. The van der Waals surface area contributed by atoms with Gasteiger partial charge in [-0.3, -0.25) is 4.79 Å². The van der Waals surface area contributed by atoms with Crippen LogP contribution < -0.4 is 0 Å². The predicted octanol–water partition coefficient (Wildman–Crippen LogP) is 2.93. The van der Waals surface area contributed by atoms with Gasteiger partial charge in [-0.2, -0.15) is 9.37 Å². The third-order valence-corrected chi connectivity index (χ3v) is 4.54. The molecule has 0 spiro atoms. The average molecular weight is 355 g/mol. The Morgan fingerprint density at radius 3 is 3.08 bits per heavy atom. The molecule has 1 fully saturated rings. The highest BCUT2D eigenvalue weighted by Gasteiger charge is 2.29. The molecule has 4 rings (SSSR count). The van der Waals surface area contributed by atoms with Crippen LogP contribution in [0.3, 0.4) is 0 Å². The summed E-state index contributed by atoms with van der Waals surface area (Å²) in [6.45, 7) is 3.07. The summed E-state index contributed by atoms with van der Waals surface area (Å²) in [4.78, 5) is 25.4. The van der Waals surface area contributed by atoms with Crippen LogP contribution in [-0.2, 0) is 0 Å². The summed E-state index contributed by atoms with van der Waals surface area (Å²) in [6.07, 6.45) is 4.86. The van der Waals surface area contributed by atoms with Crippen LogP contribution in [0.1, 0.15) is 40.6 Å². The minimum absolute atomic E-state index is 0.0308. The smallest absolute Gasteiger partial charge is 0.254 e. The molecule has 0 aliphatic carbocycles. The van der Waals surface area contributed by atoms with Crippen LogP contribution in [-0.4, -0.2) is 44.0 Å². The van der Waals surface area contributed by atoms with Crippen LogP contribution in [0, 0.1) is 12.9 Å². The van der Waals surface area contributed by atoms with E-state index in [0.717, 1.165) is 30.2 Å². The van der Waals surface area contributed by atoms with E-state index in [1.54, 1.807) is 4.90 Å². The lowest BCUT2D eigenvalue weighted by Crippen LogP contribution is -2.39. The van der Waals surface area contributed by atoms with Gasteiger partial charge in [0.25, 0.3) is 5.91 Å². The first-order valence-corrected chi connectivity index (χ1v) is 8.50. The first-order chi connectivity index (χ1) is 12.6. The van der Waals surface area contributed by atoms with Gasteiger partial charge >= 0.3 is 0 Å². The van der Waals surface area contributed by atoms with Gasteiger partial charge in [-0.15, -0.1) is 0 Å². The summed E-state index contributed by atoms with van der Waals surface area (Å²) in [7, 11) is 0. The van der Waals surface area contributed by atoms with E-state index in [2.05, 4.69) is 20.1 Å². The molecule has 0 radical (unpaired) electrons. The zero-order chi connectivity index (χ0) is 18.1. The van der Waals surface area contributed by atoms with Crippen LogP contribution in [0.5, 0.6) is 0 Å². The number of rotatable bonds is 3. The van der Waals surface area contributed by atoms with Gasteiger partial charge in [0.1, 0.15) is 0 Å². The second kappa shape index (κ2) is 6.70. The zero-order valence-corrected chi connectivity index (χ0v) is 14.3. The van der Waals surface area contributed by atoms with Crippen LogP contribution in [0.2, 0.25) is 0 Å². The van der Waals surface area contributed by atoms with E-state index in [1.165, 1.54) is 12.3 Å². The summed E-state index contributed by atoms with van der Waals surface area (Å²) in [5.41, 5.74) is 2.19. The lowest BCUT2D eigenvalue weighted by molar-refractivity contribution is 0.0695. The largest absolute Gasteiger partial charge is 0.358 e. The lowest BCUT2D eigenvalue weighted by atomic mass is 9.97. The number of aromatic nitrogens is 4. The quantitative estimate of drug-likeness (QED) is 0.730. The van der Waals surface area contributed by atoms with E-state index >= 15 is 0 Å². The Labute approximate surface area is 149 Å². The molecule has 134 valence electrons. The highest BCUT2D eigenvalue weighted by molar-refractivity contribution is 5.94. The van der Waals surface area contributed by atoms with Crippen LogP contribution in [0.4, 0.5) is 4.39 Å². The van der Waals surface area contributed by atoms with E-state index in [4.69, 9.17) is 4.52 Å². The number of nitrogens with zero attached hydrogens (tertiary/aromatic N) is 4. The van der Waals surface area contributed by atoms with E-state index in [0.29, 0.717) is 30.4 Å². The summed E-state index contributed by atoms with van der Waals surface area (Å²) in [6, 6.07) is 4.63.